The highest BCUT2D eigenvalue weighted by Gasteiger charge is 2.18. The fourth-order valence-electron chi connectivity index (χ4n) is 2.12. The molecule has 1 N–H and O–H groups in total. The third-order valence-electron chi connectivity index (χ3n) is 3.53. The Kier molecular flexibility index (Phi) is 3.41. The molecule has 2 rings (SSSR count). The minimum absolute atomic E-state index is 0.0151. The van der Waals surface area contributed by atoms with Crippen LogP contribution in [0.4, 0.5) is 5.69 Å². The van der Waals surface area contributed by atoms with Crippen LogP contribution in [0.3, 0.4) is 0 Å². The second kappa shape index (κ2) is 4.74. The number of oxazole rings is 1. The van der Waals surface area contributed by atoms with E-state index in [2.05, 4.69) is 24.1 Å². The number of nitrogens with one attached hydrogen (secondary N) is 1. The van der Waals surface area contributed by atoms with E-state index in [9.17, 15) is 4.79 Å². The molecule has 5 heteroatoms. The molecule has 104 valence electrons. The Morgan fingerprint density at radius 1 is 1.42 bits per heavy atom. The van der Waals surface area contributed by atoms with Gasteiger partial charge in [0.25, 0.3) is 0 Å². The van der Waals surface area contributed by atoms with E-state index in [1.54, 1.807) is 7.05 Å². The first-order valence-corrected chi connectivity index (χ1v) is 6.34. The number of nitrogens with zero attached hydrogens (tertiary/aromatic N) is 2. The molecular weight excluding hydrogens is 242 g/mol. The molecule has 0 saturated carbocycles. The molecule has 1 aromatic heterocycles. The smallest absolute Gasteiger partial charge is 0.408 e. The number of rotatable bonds is 4. The summed E-state index contributed by atoms with van der Waals surface area (Å²) in [6.45, 7) is 5.14. The maximum absolute atomic E-state index is 11.5. The van der Waals surface area contributed by atoms with Gasteiger partial charge >= 0.3 is 5.76 Å². The predicted octanol–water partition coefficient (Wildman–Crippen LogP) is 1.57. The maximum Gasteiger partial charge on any atom is 0.419 e. The van der Waals surface area contributed by atoms with Gasteiger partial charge in [0, 0.05) is 37.9 Å². The van der Waals surface area contributed by atoms with Gasteiger partial charge in [-0.05, 0) is 33.0 Å². The van der Waals surface area contributed by atoms with Gasteiger partial charge in [0.15, 0.2) is 5.58 Å². The van der Waals surface area contributed by atoms with Crippen LogP contribution in [0.15, 0.2) is 27.4 Å². The Labute approximate surface area is 112 Å². The first kappa shape index (κ1) is 13.7. The summed E-state index contributed by atoms with van der Waals surface area (Å²) in [4.78, 5) is 13.6. The molecule has 0 aliphatic heterocycles. The third-order valence-corrected chi connectivity index (χ3v) is 3.53. The molecule has 2 aromatic rings. The Morgan fingerprint density at radius 2 is 2.11 bits per heavy atom. The zero-order valence-corrected chi connectivity index (χ0v) is 12.2. The summed E-state index contributed by atoms with van der Waals surface area (Å²) in [7, 11) is 5.69. The second-order valence-corrected chi connectivity index (χ2v) is 5.57. The van der Waals surface area contributed by atoms with Crippen molar-refractivity contribution in [3.05, 3.63) is 28.7 Å². The van der Waals surface area contributed by atoms with Crippen LogP contribution in [-0.2, 0) is 7.05 Å². The van der Waals surface area contributed by atoms with Crippen molar-refractivity contribution in [3.8, 4) is 0 Å². The lowest BCUT2D eigenvalue weighted by Gasteiger charge is -2.31. The number of hydrogen-bond acceptors (Lipinski definition) is 4. The monoisotopic (exact) mass is 263 g/mol. The number of hydrogen-bond donors (Lipinski definition) is 1. The first-order valence-electron chi connectivity index (χ1n) is 6.34. The van der Waals surface area contributed by atoms with Crippen LogP contribution in [0.2, 0.25) is 0 Å². The minimum atomic E-state index is -0.328. The van der Waals surface area contributed by atoms with E-state index in [1.165, 1.54) is 4.57 Å². The average molecular weight is 263 g/mol. The molecule has 1 heterocycles. The highest BCUT2D eigenvalue weighted by Crippen LogP contribution is 2.21. The van der Waals surface area contributed by atoms with Gasteiger partial charge in [-0.3, -0.25) is 4.57 Å². The van der Waals surface area contributed by atoms with Gasteiger partial charge < -0.3 is 14.6 Å². The summed E-state index contributed by atoms with van der Waals surface area (Å²) in [5, 5.41) is 3.27. The summed E-state index contributed by atoms with van der Waals surface area (Å²) in [6, 6.07) is 5.82. The van der Waals surface area contributed by atoms with Crippen LogP contribution >= 0.6 is 0 Å². The van der Waals surface area contributed by atoms with E-state index in [0.29, 0.717) is 5.58 Å². The zero-order valence-electron chi connectivity index (χ0n) is 12.2. The van der Waals surface area contributed by atoms with Crippen molar-refractivity contribution in [3.63, 3.8) is 0 Å². The largest absolute Gasteiger partial charge is 0.419 e. The molecule has 0 spiro atoms. The Balaban J connectivity index is 2.33. The van der Waals surface area contributed by atoms with Crippen LogP contribution in [0.25, 0.3) is 11.1 Å². The number of likely N-dealkylation sites (N-methyl/N-ethyl adjacent to an activating group) is 2. The standard InChI is InChI=1S/C14H21N3O2/c1-14(2,15-3)9-16(4)10-6-7-11-12(8-10)19-13(18)17(11)5/h6-8,15H,9H2,1-5H3. The highest BCUT2D eigenvalue weighted by atomic mass is 16.4. The first-order chi connectivity index (χ1) is 8.84. The molecule has 0 atom stereocenters. The van der Waals surface area contributed by atoms with Gasteiger partial charge in [-0.2, -0.15) is 0 Å². The molecule has 0 amide bonds. The summed E-state index contributed by atoms with van der Waals surface area (Å²) >= 11 is 0. The topological polar surface area (TPSA) is 50.4 Å². The Hall–Kier alpha value is -1.75. The fourth-order valence-corrected chi connectivity index (χ4v) is 2.12. The van der Waals surface area contributed by atoms with Crippen molar-refractivity contribution >= 4 is 16.8 Å². The maximum atomic E-state index is 11.5. The minimum Gasteiger partial charge on any atom is -0.408 e. The average Bonchev–Trinajstić information content (AvgIpc) is 2.64. The van der Waals surface area contributed by atoms with Crippen LogP contribution in [0.1, 0.15) is 13.8 Å². The van der Waals surface area contributed by atoms with Crippen molar-refractivity contribution in [1.82, 2.24) is 9.88 Å². The summed E-state index contributed by atoms with van der Waals surface area (Å²) in [5.74, 6) is -0.328. The van der Waals surface area contributed by atoms with Crippen LogP contribution < -0.4 is 16.0 Å². The highest BCUT2D eigenvalue weighted by molar-refractivity contribution is 5.77. The van der Waals surface area contributed by atoms with E-state index in [0.717, 1.165) is 17.7 Å². The zero-order chi connectivity index (χ0) is 14.2. The molecule has 0 fully saturated rings. The van der Waals surface area contributed by atoms with Gasteiger partial charge in [-0.1, -0.05) is 0 Å². The third kappa shape index (κ3) is 2.66. The van der Waals surface area contributed by atoms with Gasteiger partial charge in [-0.15, -0.1) is 0 Å². The molecule has 1 aromatic carbocycles. The van der Waals surface area contributed by atoms with Crippen molar-refractivity contribution < 1.29 is 4.42 Å². The van der Waals surface area contributed by atoms with Crippen LogP contribution in [-0.4, -0.2) is 30.7 Å². The number of aromatic nitrogens is 1. The van der Waals surface area contributed by atoms with Crippen molar-refractivity contribution in [1.29, 1.82) is 0 Å². The molecule has 0 unspecified atom stereocenters. The number of anilines is 1. The van der Waals surface area contributed by atoms with E-state index in [4.69, 9.17) is 4.42 Å². The van der Waals surface area contributed by atoms with E-state index in [-0.39, 0.29) is 11.3 Å². The van der Waals surface area contributed by atoms with Gasteiger partial charge in [0.05, 0.1) is 5.52 Å². The fraction of sp³-hybridized carbons (Fsp3) is 0.500. The van der Waals surface area contributed by atoms with Crippen LogP contribution in [0, 0.1) is 0 Å². The van der Waals surface area contributed by atoms with Gasteiger partial charge in [0.1, 0.15) is 0 Å². The Morgan fingerprint density at radius 3 is 2.74 bits per heavy atom. The van der Waals surface area contributed by atoms with E-state index >= 15 is 0 Å². The van der Waals surface area contributed by atoms with E-state index < -0.39 is 0 Å². The molecule has 0 aliphatic rings. The summed E-state index contributed by atoms with van der Waals surface area (Å²) in [6.07, 6.45) is 0. The lowest BCUT2D eigenvalue weighted by molar-refractivity contribution is 0.428. The quantitative estimate of drug-likeness (QED) is 0.909. The van der Waals surface area contributed by atoms with Crippen molar-refractivity contribution in [2.75, 3.05) is 25.5 Å². The number of benzene rings is 1. The molecule has 0 radical (unpaired) electrons. The van der Waals surface area contributed by atoms with Crippen LogP contribution in [0.5, 0.6) is 0 Å². The molecule has 19 heavy (non-hydrogen) atoms. The van der Waals surface area contributed by atoms with Crippen molar-refractivity contribution in [2.45, 2.75) is 19.4 Å². The van der Waals surface area contributed by atoms with E-state index in [1.807, 2.05) is 32.3 Å². The molecule has 5 nitrogen and oxygen atoms in total. The molecule has 0 aliphatic carbocycles. The number of fused-ring (bicyclic) bond motifs is 1. The lowest BCUT2D eigenvalue weighted by atomic mass is 10.1. The van der Waals surface area contributed by atoms with Crippen molar-refractivity contribution in [2.24, 2.45) is 7.05 Å². The molecule has 0 saturated heterocycles. The predicted molar refractivity (Wildman–Crippen MR) is 77.9 cm³/mol. The summed E-state index contributed by atoms with van der Waals surface area (Å²) in [5.41, 5.74) is 2.49. The second-order valence-electron chi connectivity index (χ2n) is 5.57. The molecular formula is C14H21N3O2. The lowest BCUT2D eigenvalue weighted by Crippen LogP contribution is -2.46. The Bertz CT molecular complexity index is 640. The van der Waals surface area contributed by atoms with Gasteiger partial charge in [0.2, 0.25) is 0 Å². The SMILES string of the molecule is CNC(C)(C)CN(C)c1ccc2c(c1)oc(=O)n2C. The molecule has 0 bridgehead atoms. The van der Waals surface area contributed by atoms with Gasteiger partial charge in [-0.25, -0.2) is 4.79 Å². The summed E-state index contributed by atoms with van der Waals surface area (Å²) < 4.78 is 6.72. The number of aryl methyl sites for hydroxylation is 1. The normalized spacial score (nSPS) is 12.1.